The van der Waals surface area contributed by atoms with Crippen molar-refractivity contribution in [1.29, 1.82) is 0 Å². The molecule has 170 valence electrons. The number of fused-ring (bicyclic) bond motifs is 2. The Kier molecular flexibility index (Phi) is 6.78. The van der Waals surface area contributed by atoms with Gasteiger partial charge in [-0.25, -0.2) is 0 Å². The SMILES string of the molecule is CCCC[SiH]=[Hf]([CH3])([CH3])([CH]1C(CC)=Cc2c(C)cccc21)[CH]1C(CC)=Cc2c(C)cccc21. The topological polar surface area (TPSA) is 0 Å². The summed E-state index contributed by atoms with van der Waals surface area (Å²) in [6, 6.07) is 15.8. The minimum atomic E-state index is -3.55. The number of unbranched alkanes of at least 4 members (excludes halogenated alkanes) is 1. The van der Waals surface area contributed by atoms with E-state index in [1.54, 1.807) is 33.4 Å². The first kappa shape index (κ1) is 24.1. The normalized spacial score (nSPS) is 20.0. The average Bonchev–Trinajstić information content (AvgIpc) is 3.35. The van der Waals surface area contributed by atoms with Gasteiger partial charge >= 0.3 is 199 Å². The van der Waals surface area contributed by atoms with E-state index in [0.29, 0.717) is 13.6 Å². The molecule has 2 heteroatoms. The van der Waals surface area contributed by atoms with Gasteiger partial charge in [0.15, 0.2) is 0 Å². The number of hydrogen-bond donors (Lipinski definition) is 0. The van der Waals surface area contributed by atoms with Gasteiger partial charge in [-0.15, -0.1) is 0 Å². The molecule has 2 aromatic rings. The van der Waals surface area contributed by atoms with Crippen LogP contribution in [0, 0.1) is 13.8 Å². The van der Waals surface area contributed by atoms with Crippen LogP contribution in [0.4, 0.5) is 0 Å². The quantitative estimate of drug-likeness (QED) is 0.217. The van der Waals surface area contributed by atoms with E-state index in [2.05, 4.69) is 92.5 Å². The number of rotatable bonds is 7. The van der Waals surface area contributed by atoms with Crippen LogP contribution < -0.4 is 0 Å². The summed E-state index contributed by atoms with van der Waals surface area (Å²) >= 11 is -3.55. The summed E-state index contributed by atoms with van der Waals surface area (Å²) in [5.74, 6) is 0. The molecule has 0 radical (unpaired) electrons. The van der Waals surface area contributed by atoms with Crippen LogP contribution in [0.5, 0.6) is 0 Å². The predicted octanol–water partition coefficient (Wildman–Crippen LogP) is 9.06. The number of benzene rings is 2. The molecule has 0 saturated heterocycles. The number of allylic oxidation sites excluding steroid dienone is 2. The van der Waals surface area contributed by atoms with Crippen molar-refractivity contribution < 1.29 is 17.1 Å². The van der Waals surface area contributed by atoms with E-state index in [1.165, 1.54) is 42.9 Å². The third kappa shape index (κ3) is 3.74. The fourth-order valence-corrected chi connectivity index (χ4v) is 53.2. The first-order valence-corrected chi connectivity index (χ1v) is 31.9. The molecule has 0 nitrogen and oxygen atoms in total. The van der Waals surface area contributed by atoms with Crippen molar-refractivity contribution in [2.45, 2.75) is 83.1 Å². The second-order valence-corrected chi connectivity index (χ2v) is 55.3. The van der Waals surface area contributed by atoms with Gasteiger partial charge in [-0.2, -0.15) is 0 Å². The van der Waals surface area contributed by atoms with Gasteiger partial charge in [0.1, 0.15) is 0 Å². The van der Waals surface area contributed by atoms with Gasteiger partial charge in [-0.3, -0.25) is 0 Å². The maximum atomic E-state index is 2.90. The summed E-state index contributed by atoms with van der Waals surface area (Å²) in [6.07, 6.45) is 10.8. The summed E-state index contributed by atoms with van der Waals surface area (Å²) in [5.41, 5.74) is 12.9. The van der Waals surface area contributed by atoms with E-state index in [4.69, 9.17) is 0 Å². The zero-order chi connectivity index (χ0) is 23.1. The molecule has 2 aliphatic carbocycles. The van der Waals surface area contributed by atoms with Crippen LogP contribution in [-0.4, -0.2) is 6.22 Å². The molecule has 0 fully saturated rings. The fourth-order valence-electron chi connectivity index (χ4n) is 7.17. The molecule has 0 spiro atoms. The number of hydrogen-bond acceptors (Lipinski definition) is 0. The Labute approximate surface area is 198 Å². The van der Waals surface area contributed by atoms with Crippen LogP contribution in [0.25, 0.3) is 12.2 Å². The van der Waals surface area contributed by atoms with Crippen molar-refractivity contribution in [3.8, 4) is 0 Å². The Morgan fingerprint density at radius 2 is 1.22 bits per heavy atom. The van der Waals surface area contributed by atoms with E-state index in [0.717, 1.165) is 0 Å². The first-order valence-electron chi connectivity index (χ1n) is 12.9. The third-order valence-corrected chi connectivity index (χ3v) is 51.1. The summed E-state index contributed by atoms with van der Waals surface area (Å²) < 4.78 is 7.23. The van der Waals surface area contributed by atoms with Crippen molar-refractivity contribution in [2.75, 3.05) is 0 Å². The molecule has 0 aliphatic heterocycles. The molecule has 2 aliphatic rings. The molecule has 2 atom stereocenters. The zero-order valence-electron chi connectivity index (χ0n) is 21.4. The van der Waals surface area contributed by atoms with E-state index in [9.17, 15) is 0 Å². The molecular weight excluding hydrogens is 567 g/mol. The van der Waals surface area contributed by atoms with E-state index >= 15 is 0 Å². The Hall–Kier alpha value is -0.993. The van der Waals surface area contributed by atoms with Gasteiger partial charge in [0.25, 0.3) is 0 Å². The monoisotopic (exact) mass is 610 g/mol. The van der Waals surface area contributed by atoms with Crippen LogP contribution in [0.2, 0.25) is 15.4 Å². The van der Waals surface area contributed by atoms with Crippen molar-refractivity contribution in [2.24, 2.45) is 0 Å². The average molecular weight is 609 g/mol. The van der Waals surface area contributed by atoms with Crippen LogP contribution >= 0.6 is 0 Å². The van der Waals surface area contributed by atoms with E-state index in [1.807, 2.05) is 0 Å². The van der Waals surface area contributed by atoms with Crippen LogP contribution in [0.1, 0.15) is 87.2 Å². The molecule has 2 unspecified atom stereocenters. The van der Waals surface area contributed by atoms with Gasteiger partial charge < -0.3 is 0 Å². The Bertz CT molecular complexity index is 1090. The molecule has 0 saturated carbocycles. The predicted molar refractivity (Wildman–Crippen MR) is 143 cm³/mol. The van der Waals surface area contributed by atoms with E-state index in [-0.39, 0.29) is 0 Å². The van der Waals surface area contributed by atoms with Crippen LogP contribution in [0.3, 0.4) is 0 Å². The molecule has 0 N–H and O–H groups in total. The molecule has 0 aromatic heterocycles. The van der Waals surface area contributed by atoms with Crippen molar-refractivity contribution in [1.82, 2.24) is 0 Å². The molecule has 0 bridgehead atoms. The molecule has 4 rings (SSSR count). The second-order valence-electron chi connectivity index (χ2n) is 11.2. The van der Waals surface area contributed by atoms with Crippen molar-refractivity contribution in [3.63, 3.8) is 0 Å². The van der Waals surface area contributed by atoms with Crippen molar-refractivity contribution >= 4 is 18.4 Å². The van der Waals surface area contributed by atoms with Crippen molar-refractivity contribution in [3.05, 3.63) is 80.9 Å². The van der Waals surface area contributed by atoms with Gasteiger partial charge in [-0.1, -0.05) is 0 Å². The van der Waals surface area contributed by atoms with Gasteiger partial charge in [0.2, 0.25) is 0 Å². The molecule has 0 heterocycles. The summed E-state index contributed by atoms with van der Waals surface area (Å²) in [7, 11) is 0. The standard InChI is InChI=1S/2C12H13.C4H10Si.2CH3.Hf/c2*1-3-10-7-11-6-4-5-9(2)12(11)8-10;1-2-3-4-5;;;/h2*4-8H,3H2,1-2H3;5H,2-4H2,1H3;2*1H3;. The molecule has 2 aromatic carbocycles. The first-order chi connectivity index (χ1) is 15.3. The molecular formula is C30H42HfSi. The second kappa shape index (κ2) is 8.99. The van der Waals surface area contributed by atoms with Crippen LogP contribution in [0.15, 0.2) is 47.5 Å². The van der Waals surface area contributed by atoms with Gasteiger partial charge in [0.05, 0.1) is 0 Å². The minimum absolute atomic E-state index is 0.476. The summed E-state index contributed by atoms with van der Waals surface area (Å²) in [6.45, 7) is 11.8. The molecule has 0 amide bonds. The summed E-state index contributed by atoms with van der Waals surface area (Å²) in [4.78, 5) is 0. The number of aryl methyl sites for hydroxylation is 2. The zero-order valence-corrected chi connectivity index (χ0v) is 26.1. The Balaban J connectivity index is 2.04. The summed E-state index contributed by atoms with van der Waals surface area (Å²) in [5, 5.41) is 0. The van der Waals surface area contributed by atoms with Crippen LogP contribution in [-0.2, 0) is 17.1 Å². The Morgan fingerprint density at radius 3 is 1.62 bits per heavy atom. The maximum absolute atomic E-state index is 3.55. The molecule has 32 heavy (non-hydrogen) atoms. The fraction of sp³-hybridized carbons (Fsp3) is 0.467. The van der Waals surface area contributed by atoms with E-state index < -0.39 is 17.1 Å². The van der Waals surface area contributed by atoms with Gasteiger partial charge in [-0.05, 0) is 0 Å². The third-order valence-electron chi connectivity index (χ3n) is 8.72. The Morgan fingerprint density at radius 1 is 0.750 bits per heavy atom. The van der Waals surface area contributed by atoms with Gasteiger partial charge in [0, 0.05) is 0 Å².